The van der Waals surface area contributed by atoms with Gasteiger partial charge in [-0.1, -0.05) is 23.4 Å². The van der Waals surface area contributed by atoms with E-state index in [0.29, 0.717) is 48.6 Å². The van der Waals surface area contributed by atoms with Crippen LogP contribution in [0.4, 0.5) is 23.7 Å². The van der Waals surface area contributed by atoms with Crippen LogP contribution in [-0.2, 0) is 22.7 Å². The third kappa shape index (κ3) is 7.48. The maximum Gasteiger partial charge on any atom is 0.490 e. The lowest BCUT2D eigenvalue weighted by atomic mass is 9.81. The zero-order valence-electron chi connectivity index (χ0n) is 25.7. The standard InChI is InChI=1S/C30H33N5O4.C2HF3O2/c1-20(2)38-27-10-6-8-24(15-27)18-33-12-11-30(16-21(33)3)28(36)34(19-25-13-22(4)39-32-25)29(37)35(30)26-9-5-7-23(14-26)17-31;3-2(4,5)1(6)7/h5-10,13-15,20-21H,11-12,16,18-19H2,1-4H3;(H,6,7)/t21-,30+;/m0./s1. The van der Waals surface area contributed by atoms with Crippen molar-refractivity contribution in [2.75, 3.05) is 11.4 Å². The fourth-order valence-electron chi connectivity index (χ4n) is 5.73. The van der Waals surface area contributed by atoms with Crippen molar-refractivity contribution in [1.82, 2.24) is 15.0 Å². The van der Waals surface area contributed by atoms with Crippen molar-refractivity contribution in [3.05, 3.63) is 77.2 Å². The molecule has 1 N–H and O–H groups in total. The Bertz CT molecular complexity index is 1630. The van der Waals surface area contributed by atoms with Crippen molar-refractivity contribution in [3.8, 4) is 11.8 Å². The van der Waals surface area contributed by atoms with Crippen molar-refractivity contribution in [2.24, 2.45) is 0 Å². The Hall–Kier alpha value is -4.90. The first-order valence-corrected chi connectivity index (χ1v) is 14.5. The number of ether oxygens (including phenoxy) is 1. The van der Waals surface area contributed by atoms with Gasteiger partial charge in [-0.05, 0) is 76.4 Å². The largest absolute Gasteiger partial charge is 0.491 e. The van der Waals surface area contributed by atoms with Crippen LogP contribution in [0.2, 0.25) is 0 Å². The highest BCUT2D eigenvalue weighted by molar-refractivity contribution is 6.17. The lowest BCUT2D eigenvalue weighted by Crippen LogP contribution is -2.59. The van der Waals surface area contributed by atoms with E-state index >= 15 is 0 Å². The molecule has 2 aromatic carbocycles. The molecule has 14 heteroatoms. The van der Waals surface area contributed by atoms with Gasteiger partial charge >= 0.3 is 18.2 Å². The number of hydrogen-bond donors (Lipinski definition) is 1. The number of likely N-dealkylation sites (tertiary alicyclic amines) is 1. The fourth-order valence-corrected chi connectivity index (χ4v) is 5.73. The third-order valence-electron chi connectivity index (χ3n) is 7.69. The molecule has 244 valence electrons. The number of nitrogens with zero attached hydrogens (tertiary/aromatic N) is 5. The van der Waals surface area contributed by atoms with E-state index in [9.17, 15) is 28.0 Å². The summed E-state index contributed by atoms with van der Waals surface area (Å²) in [5.74, 6) is -1.55. The molecular weight excluding hydrogens is 607 g/mol. The van der Waals surface area contributed by atoms with Gasteiger partial charge in [-0.2, -0.15) is 18.4 Å². The number of hydrogen-bond acceptors (Lipinski definition) is 8. The Kier molecular flexibility index (Phi) is 10.1. The van der Waals surface area contributed by atoms with Crippen molar-refractivity contribution < 1.29 is 41.9 Å². The molecule has 1 aromatic heterocycles. The Labute approximate surface area is 263 Å². The number of benzene rings is 2. The van der Waals surface area contributed by atoms with E-state index in [1.165, 1.54) is 4.90 Å². The van der Waals surface area contributed by atoms with E-state index in [2.05, 4.69) is 35.2 Å². The summed E-state index contributed by atoms with van der Waals surface area (Å²) in [6, 6.07) is 18.5. The molecule has 2 fully saturated rings. The van der Waals surface area contributed by atoms with E-state index < -0.39 is 23.7 Å². The molecule has 3 heterocycles. The summed E-state index contributed by atoms with van der Waals surface area (Å²) in [6.45, 7) is 9.25. The molecule has 1 spiro atoms. The molecule has 0 saturated carbocycles. The van der Waals surface area contributed by atoms with Gasteiger partial charge in [-0.25, -0.2) is 9.59 Å². The van der Waals surface area contributed by atoms with E-state index in [1.54, 1.807) is 42.2 Å². The lowest BCUT2D eigenvalue weighted by Gasteiger charge is -2.45. The van der Waals surface area contributed by atoms with Crippen LogP contribution in [0, 0.1) is 18.3 Å². The summed E-state index contributed by atoms with van der Waals surface area (Å²) >= 11 is 0. The predicted molar refractivity (Wildman–Crippen MR) is 159 cm³/mol. The summed E-state index contributed by atoms with van der Waals surface area (Å²) in [6.07, 6.45) is -4.06. The zero-order valence-corrected chi connectivity index (χ0v) is 25.7. The van der Waals surface area contributed by atoms with Crippen LogP contribution in [0.3, 0.4) is 0 Å². The lowest BCUT2D eigenvalue weighted by molar-refractivity contribution is -0.192. The maximum absolute atomic E-state index is 14.1. The first kappa shape index (κ1) is 34.0. The summed E-state index contributed by atoms with van der Waals surface area (Å²) < 4.78 is 42.8. The molecule has 0 bridgehead atoms. The molecule has 0 aliphatic carbocycles. The number of urea groups is 1. The second-order valence-electron chi connectivity index (χ2n) is 11.5. The summed E-state index contributed by atoms with van der Waals surface area (Å²) in [7, 11) is 0. The quantitative estimate of drug-likeness (QED) is 0.323. The van der Waals surface area contributed by atoms with Gasteiger partial charge in [0.2, 0.25) is 0 Å². The number of carbonyl (C=O) groups is 3. The number of carboxylic acid groups (broad SMARTS) is 1. The van der Waals surface area contributed by atoms with Crippen LogP contribution in [0.25, 0.3) is 0 Å². The minimum atomic E-state index is -5.08. The number of nitriles is 1. The first-order valence-electron chi connectivity index (χ1n) is 14.5. The number of halogens is 3. The van der Waals surface area contributed by atoms with E-state index in [4.69, 9.17) is 19.2 Å². The van der Waals surface area contributed by atoms with Gasteiger partial charge in [0, 0.05) is 30.9 Å². The number of carbonyl (C=O) groups excluding carboxylic acids is 2. The van der Waals surface area contributed by atoms with Crippen molar-refractivity contribution >= 4 is 23.6 Å². The molecule has 2 aliphatic heterocycles. The number of carboxylic acids is 1. The Balaban J connectivity index is 0.000000617. The maximum atomic E-state index is 14.1. The summed E-state index contributed by atoms with van der Waals surface area (Å²) in [5, 5.41) is 20.6. The van der Waals surface area contributed by atoms with Gasteiger partial charge in [-0.3, -0.25) is 19.5 Å². The van der Waals surface area contributed by atoms with Crippen molar-refractivity contribution in [3.63, 3.8) is 0 Å². The molecule has 5 rings (SSSR count). The fraction of sp³-hybridized carbons (Fsp3) is 0.406. The normalized spacial score (nSPS) is 20.1. The molecule has 2 saturated heterocycles. The topological polar surface area (TPSA) is 140 Å². The number of amides is 3. The van der Waals surface area contributed by atoms with E-state index in [-0.39, 0.29) is 24.6 Å². The van der Waals surface area contributed by atoms with Gasteiger partial charge in [0.15, 0.2) is 0 Å². The highest BCUT2D eigenvalue weighted by Crippen LogP contribution is 2.43. The van der Waals surface area contributed by atoms with Crippen LogP contribution >= 0.6 is 0 Å². The summed E-state index contributed by atoms with van der Waals surface area (Å²) in [5.41, 5.74) is 1.58. The molecule has 3 amide bonds. The van der Waals surface area contributed by atoms with Gasteiger partial charge in [0.1, 0.15) is 22.7 Å². The van der Waals surface area contributed by atoms with Gasteiger partial charge in [0.05, 0.1) is 24.3 Å². The monoisotopic (exact) mass is 641 g/mol. The van der Waals surface area contributed by atoms with Gasteiger partial charge in [0.25, 0.3) is 5.91 Å². The molecule has 2 aliphatic rings. The van der Waals surface area contributed by atoms with Crippen LogP contribution in [0.1, 0.15) is 56.2 Å². The molecule has 2 atom stereocenters. The van der Waals surface area contributed by atoms with Crippen LogP contribution in [0.15, 0.2) is 59.1 Å². The number of alkyl halides is 3. The molecule has 11 nitrogen and oxygen atoms in total. The highest BCUT2D eigenvalue weighted by atomic mass is 19.4. The van der Waals surface area contributed by atoms with E-state index in [0.717, 1.165) is 11.3 Å². The van der Waals surface area contributed by atoms with Crippen molar-refractivity contribution in [1.29, 1.82) is 5.26 Å². The number of aryl methyl sites for hydroxylation is 1. The predicted octanol–water partition coefficient (Wildman–Crippen LogP) is 5.67. The minimum Gasteiger partial charge on any atom is -0.491 e. The number of aromatic nitrogens is 1. The number of rotatable bonds is 7. The second-order valence-corrected chi connectivity index (χ2v) is 11.5. The smallest absolute Gasteiger partial charge is 0.490 e. The molecule has 46 heavy (non-hydrogen) atoms. The van der Waals surface area contributed by atoms with Gasteiger partial charge < -0.3 is 14.4 Å². The average molecular weight is 642 g/mol. The number of anilines is 1. The van der Waals surface area contributed by atoms with Crippen LogP contribution in [-0.4, -0.2) is 68.4 Å². The minimum absolute atomic E-state index is 0.0149. The first-order chi connectivity index (χ1) is 21.6. The van der Waals surface area contributed by atoms with Crippen LogP contribution in [0.5, 0.6) is 5.75 Å². The Morgan fingerprint density at radius 1 is 1.17 bits per heavy atom. The highest BCUT2D eigenvalue weighted by Gasteiger charge is 2.60. The molecule has 0 radical (unpaired) electrons. The summed E-state index contributed by atoms with van der Waals surface area (Å²) in [4.78, 5) is 42.1. The zero-order chi connectivity index (χ0) is 33.8. The number of aliphatic carboxylic acids is 1. The molecule has 0 unspecified atom stereocenters. The Morgan fingerprint density at radius 2 is 1.87 bits per heavy atom. The number of imide groups is 1. The van der Waals surface area contributed by atoms with Crippen molar-refractivity contribution in [2.45, 2.75) is 77.5 Å². The van der Waals surface area contributed by atoms with E-state index in [1.807, 2.05) is 26.0 Å². The molecular formula is C32H34F3N5O6. The third-order valence-corrected chi connectivity index (χ3v) is 7.69. The van der Waals surface area contributed by atoms with Crippen LogP contribution < -0.4 is 9.64 Å². The molecule has 3 aromatic rings. The Morgan fingerprint density at radius 3 is 2.46 bits per heavy atom. The average Bonchev–Trinajstić information content (AvgIpc) is 3.48. The second kappa shape index (κ2) is 13.6. The number of piperidine rings is 1. The van der Waals surface area contributed by atoms with Gasteiger partial charge in [-0.15, -0.1) is 0 Å². The SMILES string of the molecule is Cc1cc(CN2C(=O)N(c3cccc(C#N)c3)[C@@]3(CCN(Cc4cccc(OC(C)C)c4)[C@@H](C)C3)C2=O)no1.O=C(O)C(F)(F)F.